The van der Waals surface area contributed by atoms with Crippen LogP contribution in [0.1, 0.15) is 23.7 Å². The number of para-hydroxylation sites is 1. The highest BCUT2D eigenvalue weighted by atomic mass is 32.2. The molecule has 0 aliphatic carbocycles. The number of hydrogen-bond donors (Lipinski definition) is 2. The van der Waals surface area contributed by atoms with Crippen LogP contribution in [0.25, 0.3) is 10.9 Å². The molecular weight excluding hydrogens is 448 g/mol. The van der Waals surface area contributed by atoms with Crippen molar-refractivity contribution in [2.75, 3.05) is 0 Å². The number of ether oxygens (including phenoxy) is 1. The molecule has 8 heteroatoms. The summed E-state index contributed by atoms with van der Waals surface area (Å²) in [7, 11) is 0. The maximum atomic E-state index is 13.1. The van der Waals surface area contributed by atoms with Crippen LogP contribution in [0.4, 0.5) is 0 Å². The number of rotatable bonds is 7. The third kappa shape index (κ3) is 4.32. The van der Waals surface area contributed by atoms with Gasteiger partial charge in [0.15, 0.2) is 5.50 Å². The van der Waals surface area contributed by atoms with Crippen LogP contribution in [-0.4, -0.2) is 20.4 Å². The summed E-state index contributed by atoms with van der Waals surface area (Å²) in [4.78, 5) is 31.0. The summed E-state index contributed by atoms with van der Waals surface area (Å²) in [5, 5.41) is 1.11. The van der Waals surface area contributed by atoms with Gasteiger partial charge in [-0.05, 0) is 36.1 Å². The predicted molar refractivity (Wildman–Crippen MR) is 134 cm³/mol. The average Bonchev–Trinajstić information content (AvgIpc) is 3.39. The van der Waals surface area contributed by atoms with Crippen LogP contribution < -0.4 is 16.0 Å². The first-order valence-corrected chi connectivity index (χ1v) is 11.8. The van der Waals surface area contributed by atoms with E-state index in [1.165, 1.54) is 17.8 Å². The Balaban J connectivity index is 1.41. The number of pyridine rings is 1. The molecule has 1 aliphatic rings. The van der Waals surface area contributed by atoms with Gasteiger partial charge < -0.3 is 20.4 Å². The van der Waals surface area contributed by atoms with Gasteiger partial charge in [-0.2, -0.15) is 0 Å². The van der Waals surface area contributed by atoms with Crippen molar-refractivity contribution in [1.82, 2.24) is 14.5 Å². The number of benzene rings is 2. The van der Waals surface area contributed by atoms with E-state index in [-0.39, 0.29) is 5.56 Å². The molecule has 172 valence electrons. The highest BCUT2D eigenvalue weighted by Gasteiger charge is 2.34. The quantitative estimate of drug-likeness (QED) is 0.418. The van der Waals surface area contributed by atoms with Crippen molar-refractivity contribution in [2.45, 2.75) is 25.6 Å². The SMILES string of the molecule is CC1=C(C(N)=O)SC(n2ccc(OCc3ccccc3)cc2=O)N1Cc1cc2ccccc2[nH]1. The third-order valence-corrected chi connectivity index (χ3v) is 7.23. The molecule has 0 bridgehead atoms. The molecule has 1 unspecified atom stereocenters. The maximum absolute atomic E-state index is 13.1. The minimum atomic E-state index is -0.498. The predicted octanol–water partition coefficient (Wildman–Crippen LogP) is 4.33. The van der Waals surface area contributed by atoms with Crippen LogP contribution in [0.3, 0.4) is 0 Å². The highest BCUT2D eigenvalue weighted by Crippen LogP contribution is 2.44. The molecular formula is C26H24N4O3S. The summed E-state index contributed by atoms with van der Waals surface area (Å²) in [6, 6.07) is 23.1. The minimum absolute atomic E-state index is 0.219. The van der Waals surface area contributed by atoms with Crippen molar-refractivity contribution in [2.24, 2.45) is 5.73 Å². The van der Waals surface area contributed by atoms with E-state index >= 15 is 0 Å². The molecule has 2 aromatic carbocycles. The van der Waals surface area contributed by atoms with Crippen LogP contribution in [0.5, 0.6) is 5.75 Å². The Morgan fingerprint density at radius 2 is 1.85 bits per heavy atom. The molecule has 0 spiro atoms. The number of aromatic nitrogens is 2. The van der Waals surface area contributed by atoms with Crippen LogP contribution in [-0.2, 0) is 17.9 Å². The summed E-state index contributed by atoms with van der Waals surface area (Å²) in [6.45, 7) is 2.73. The van der Waals surface area contributed by atoms with Crippen LogP contribution in [0, 0.1) is 0 Å². The molecule has 1 amide bonds. The molecule has 1 atom stereocenters. The third-order valence-electron chi connectivity index (χ3n) is 5.81. The van der Waals surface area contributed by atoms with Crippen LogP contribution >= 0.6 is 11.8 Å². The normalized spacial score (nSPS) is 15.8. The molecule has 0 fully saturated rings. The number of carbonyl (C=O) groups is 1. The summed E-state index contributed by atoms with van der Waals surface area (Å²) in [5.41, 5.74) is 8.77. The Labute approximate surface area is 200 Å². The van der Waals surface area contributed by atoms with Crippen molar-refractivity contribution >= 4 is 28.6 Å². The molecule has 0 saturated carbocycles. The standard InChI is InChI=1S/C26H24N4O3S/c1-17-24(25(27)32)34-26(30(17)15-20-13-19-9-5-6-10-22(19)28-20)29-12-11-21(14-23(29)31)33-16-18-7-3-2-4-8-18/h2-14,26,28H,15-16H2,1H3,(H2,27,32). The first-order chi connectivity index (χ1) is 16.5. The second-order valence-corrected chi connectivity index (χ2v) is 9.18. The van der Waals surface area contributed by atoms with E-state index in [0.717, 1.165) is 27.9 Å². The lowest BCUT2D eigenvalue weighted by Gasteiger charge is -2.28. The van der Waals surface area contributed by atoms with Gasteiger partial charge in [0.05, 0.1) is 11.4 Å². The summed E-state index contributed by atoms with van der Waals surface area (Å²) < 4.78 is 7.40. The molecule has 3 N–H and O–H groups in total. The first kappa shape index (κ1) is 21.9. The fraction of sp³-hybridized carbons (Fsp3) is 0.154. The smallest absolute Gasteiger partial charge is 0.257 e. The number of nitrogens with one attached hydrogen (secondary N) is 1. The summed E-state index contributed by atoms with van der Waals surface area (Å²) in [6.07, 6.45) is 1.70. The summed E-state index contributed by atoms with van der Waals surface area (Å²) in [5.74, 6) is -0.00224. The van der Waals surface area contributed by atoms with Gasteiger partial charge >= 0.3 is 0 Å². The second kappa shape index (κ2) is 9.15. The van der Waals surface area contributed by atoms with Gasteiger partial charge in [0.1, 0.15) is 12.4 Å². The van der Waals surface area contributed by atoms with Crippen LogP contribution in [0.15, 0.2) is 94.4 Å². The number of amides is 1. The van der Waals surface area contributed by atoms with Crippen molar-refractivity contribution in [3.05, 3.63) is 111 Å². The molecule has 34 heavy (non-hydrogen) atoms. The lowest BCUT2D eigenvalue weighted by Crippen LogP contribution is -2.32. The Bertz CT molecular complexity index is 1410. The van der Waals surface area contributed by atoms with Crippen molar-refractivity contribution in [3.63, 3.8) is 0 Å². The van der Waals surface area contributed by atoms with E-state index in [4.69, 9.17) is 10.5 Å². The Morgan fingerprint density at radius 3 is 2.59 bits per heavy atom. The zero-order valence-corrected chi connectivity index (χ0v) is 19.4. The number of thioether (sulfide) groups is 1. The highest BCUT2D eigenvalue weighted by molar-refractivity contribution is 8.04. The number of aromatic amines is 1. The van der Waals surface area contributed by atoms with E-state index < -0.39 is 11.4 Å². The number of nitrogens with zero attached hydrogens (tertiary/aromatic N) is 2. The lowest BCUT2D eigenvalue weighted by molar-refractivity contribution is -0.114. The van der Waals surface area contributed by atoms with Gasteiger partial charge in [-0.25, -0.2) is 0 Å². The maximum Gasteiger partial charge on any atom is 0.257 e. The molecule has 0 radical (unpaired) electrons. The number of hydrogen-bond acceptors (Lipinski definition) is 5. The average molecular weight is 473 g/mol. The Hall–Kier alpha value is -3.91. The van der Waals surface area contributed by atoms with Crippen molar-refractivity contribution in [3.8, 4) is 5.75 Å². The largest absolute Gasteiger partial charge is 0.489 e. The number of H-pyrrole nitrogens is 1. The molecule has 7 nitrogen and oxygen atoms in total. The molecule has 1 aliphatic heterocycles. The van der Waals surface area contributed by atoms with Gasteiger partial charge in [-0.3, -0.25) is 14.2 Å². The zero-order valence-electron chi connectivity index (χ0n) is 18.6. The van der Waals surface area contributed by atoms with E-state index in [2.05, 4.69) is 11.1 Å². The topological polar surface area (TPSA) is 93.3 Å². The van der Waals surface area contributed by atoms with E-state index in [1.54, 1.807) is 16.8 Å². The fourth-order valence-electron chi connectivity index (χ4n) is 4.08. The van der Waals surface area contributed by atoms with Gasteiger partial charge in [-0.15, -0.1) is 0 Å². The molecule has 3 heterocycles. The zero-order chi connectivity index (χ0) is 23.7. The molecule has 0 saturated heterocycles. The molecule has 5 rings (SSSR count). The number of fused-ring (bicyclic) bond motifs is 1. The van der Waals surface area contributed by atoms with Gasteiger partial charge in [0, 0.05) is 29.2 Å². The van der Waals surface area contributed by atoms with Gasteiger partial charge in [0.25, 0.3) is 11.5 Å². The number of primary amides is 1. The first-order valence-electron chi connectivity index (χ1n) is 10.9. The van der Waals surface area contributed by atoms with Crippen molar-refractivity contribution in [1.29, 1.82) is 0 Å². The number of allylic oxidation sites excluding steroid dienone is 1. The van der Waals surface area contributed by atoms with Crippen LogP contribution in [0.2, 0.25) is 0 Å². The Kier molecular flexibility index (Phi) is 5.90. The van der Waals surface area contributed by atoms with E-state index in [9.17, 15) is 9.59 Å². The lowest BCUT2D eigenvalue weighted by atomic mass is 10.2. The number of nitrogens with two attached hydrogens (primary N) is 1. The van der Waals surface area contributed by atoms with E-state index in [1.807, 2.05) is 66.4 Å². The fourth-order valence-corrected chi connectivity index (χ4v) is 5.34. The molecule has 4 aromatic rings. The monoisotopic (exact) mass is 472 g/mol. The van der Waals surface area contributed by atoms with Gasteiger partial charge in [0.2, 0.25) is 0 Å². The van der Waals surface area contributed by atoms with Gasteiger partial charge in [-0.1, -0.05) is 60.3 Å². The Morgan fingerprint density at radius 1 is 1.09 bits per heavy atom. The minimum Gasteiger partial charge on any atom is -0.489 e. The second-order valence-electron chi connectivity index (χ2n) is 8.11. The molecule has 2 aromatic heterocycles. The van der Waals surface area contributed by atoms with E-state index in [0.29, 0.717) is 23.8 Å². The number of carbonyl (C=O) groups excluding carboxylic acids is 1. The van der Waals surface area contributed by atoms with Crippen molar-refractivity contribution < 1.29 is 9.53 Å². The summed E-state index contributed by atoms with van der Waals surface area (Å²) >= 11 is 1.28.